The van der Waals surface area contributed by atoms with Gasteiger partial charge in [0.05, 0.1) is 19.3 Å². The summed E-state index contributed by atoms with van der Waals surface area (Å²) in [6, 6.07) is 0.247. The van der Waals surface area contributed by atoms with E-state index in [1.165, 1.54) is 19.3 Å². The Bertz CT molecular complexity index is 548. The number of nitrogens with two attached hydrogens (primary N) is 1. The monoisotopic (exact) mass is 450 g/mol. The standard InChI is InChI=1S/C20H34N4O3.2ClH/c21-19-14-2-1-3-15(19)11-16(10-14)20(26)22-17-12-18(25)24(13-17)5-4-23-6-8-27-9-7-23;;/h14-17,19H,1-13,21H2,(H,22,26);2*1H. The van der Waals surface area contributed by atoms with Crippen molar-refractivity contribution in [2.45, 2.75) is 50.6 Å². The predicted molar refractivity (Wildman–Crippen MR) is 116 cm³/mol. The van der Waals surface area contributed by atoms with Gasteiger partial charge in [-0.05, 0) is 37.5 Å². The quantitative estimate of drug-likeness (QED) is 0.652. The van der Waals surface area contributed by atoms with Gasteiger partial charge in [-0.25, -0.2) is 0 Å². The van der Waals surface area contributed by atoms with Crippen molar-refractivity contribution in [2.75, 3.05) is 45.9 Å². The SMILES string of the molecule is Cl.Cl.NC1C2CCCC1CC(C(=O)NC1CC(=O)N(CCN3CCOCC3)C1)C2. The Labute approximate surface area is 186 Å². The number of fused-ring (bicyclic) bond motifs is 2. The van der Waals surface area contributed by atoms with Gasteiger partial charge in [0.2, 0.25) is 11.8 Å². The van der Waals surface area contributed by atoms with Gasteiger partial charge in [-0.2, -0.15) is 0 Å². The molecule has 0 radical (unpaired) electrons. The molecule has 2 amide bonds. The summed E-state index contributed by atoms with van der Waals surface area (Å²) in [6.07, 6.45) is 5.87. The van der Waals surface area contributed by atoms with Crippen LogP contribution >= 0.6 is 24.8 Å². The average molecular weight is 451 g/mol. The number of halogens is 2. The van der Waals surface area contributed by atoms with Crippen molar-refractivity contribution in [1.29, 1.82) is 0 Å². The number of hydrogen-bond acceptors (Lipinski definition) is 5. The normalized spacial score (nSPS) is 34.9. The van der Waals surface area contributed by atoms with E-state index >= 15 is 0 Å². The molecule has 29 heavy (non-hydrogen) atoms. The van der Waals surface area contributed by atoms with E-state index in [4.69, 9.17) is 10.5 Å². The fourth-order valence-electron chi connectivity index (χ4n) is 5.49. The minimum atomic E-state index is -0.0369. The zero-order valence-electron chi connectivity index (χ0n) is 17.1. The first kappa shape index (κ1) is 24.7. The molecule has 0 spiro atoms. The van der Waals surface area contributed by atoms with E-state index in [0.29, 0.717) is 24.8 Å². The maximum Gasteiger partial charge on any atom is 0.224 e. The van der Waals surface area contributed by atoms with Gasteiger partial charge in [-0.3, -0.25) is 14.5 Å². The zero-order valence-corrected chi connectivity index (χ0v) is 18.7. The first-order valence-electron chi connectivity index (χ1n) is 10.7. The Morgan fingerprint density at radius 3 is 2.41 bits per heavy atom. The second-order valence-corrected chi connectivity index (χ2v) is 8.90. The summed E-state index contributed by atoms with van der Waals surface area (Å²) < 4.78 is 5.37. The van der Waals surface area contributed by atoms with E-state index < -0.39 is 0 Å². The van der Waals surface area contributed by atoms with Gasteiger partial charge < -0.3 is 20.7 Å². The van der Waals surface area contributed by atoms with Crippen LogP contribution in [-0.2, 0) is 14.3 Å². The van der Waals surface area contributed by atoms with E-state index in [1.807, 2.05) is 4.90 Å². The number of carbonyl (C=O) groups excluding carboxylic acids is 2. The Hall–Kier alpha value is -0.600. The van der Waals surface area contributed by atoms with Crippen molar-refractivity contribution in [3.05, 3.63) is 0 Å². The van der Waals surface area contributed by atoms with Gasteiger partial charge in [0, 0.05) is 51.1 Å². The highest BCUT2D eigenvalue weighted by Crippen LogP contribution is 2.41. The number of nitrogens with one attached hydrogen (secondary N) is 1. The van der Waals surface area contributed by atoms with Gasteiger partial charge in [0.15, 0.2) is 0 Å². The van der Waals surface area contributed by atoms with E-state index in [1.54, 1.807) is 0 Å². The third-order valence-electron chi connectivity index (χ3n) is 7.13. The Balaban J connectivity index is 0.00000150. The molecule has 168 valence electrons. The molecule has 0 aromatic heterocycles. The van der Waals surface area contributed by atoms with Crippen molar-refractivity contribution in [1.82, 2.24) is 15.1 Å². The van der Waals surface area contributed by atoms with Crippen LogP contribution in [0, 0.1) is 17.8 Å². The van der Waals surface area contributed by atoms with Crippen LogP contribution in [0.1, 0.15) is 38.5 Å². The first-order chi connectivity index (χ1) is 13.1. The Morgan fingerprint density at radius 1 is 1.10 bits per heavy atom. The van der Waals surface area contributed by atoms with Gasteiger partial charge in [-0.15, -0.1) is 24.8 Å². The molecule has 2 saturated heterocycles. The number of amides is 2. The molecule has 4 fully saturated rings. The second kappa shape index (κ2) is 11.1. The molecule has 0 aromatic rings. The van der Waals surface area contributed by atoms with Crippen LogP contribution in [0.2, 0.25) is 0 Å². The maximum atomic E-state index is 12.8. The summed E-state index contributed by atoms with van der Waals surface area (Å²) in [6.45, 7) is 5.71. The molecular weight excluding hydrogens is 415 g/mol. The third-order valence-corrected chi connectivity index (χ3v) is 7.13. The number of nitrogens with zero attached hydrogens (tertiary/aromatic N) is 2. The lowest BCUT2D eigenvalue weighted by Crippen LogP contribution is -2.50. The molecule has 2 heterocycles. The van der Waals surface area contributed by atoms with E-state index in [9.17, 15) is 9.59 Å². The summed E-state index contributed by atoms with van der Waals surface area (Å²) in [4.78, 5) is 29.4. The first-order valence-corrected chi connectivity index (χ1v) is 10.7. The highest BCUT2D eigenvalue weighted by Gasteiger charge is 2.41. The fraction of sp³-hybridized carbons (Fsp3) is 0.900. The number of morpholine rings is 1. The van der Waals surface area contributed by atoms with Crippen LogP contribution in [0.25, 0.3) is 0 Å². The zero-order chi connectivity index (χ0) is 18.8. The number of hydrogen-bond donors (Lipinski definition) is 2. The van der Waals surface area contributed by atoms with Gasteiger partial charge in [0.25, 0.3) is 0 Å². The molecular formula is C20H36Cl2N4O3. The minimum Gasteiger partial charge on any atom is -0.379 e. The highest BCUT2D eigenvalue weighted by molar-refractivity contribution is 5.85. The van der Waals surface area contributed by atoms with Crippen molar-refractivity contribution < 1.29 is 14.3 Å². The summed E-state index contributed by atoms with van der Waals surface area (Å²) >= 11 is 0. The molecule has 4 aliphatic rings. The number of carbonyl (C=O) groups is 2. The third kappa shape index (κ3) is 5.97. The number of ether oxygens (including phenoxy) is 1. The predicted octanol–water partition coefficient (Wildman–Crippen LogP) is 1.03. The minimum absolute atomic E-state index is 0. The molecule has 0 aromatic carbocycles. The second-order valence-electron chi connectivity index (χ2n) is 8.90. The summed E-state index contributed by atoms with van der Waals surface area (Å²) in [5, 5.41) is 3.18. The fourth-order valence-corrected chi connectivity index (χ4v) is 5.49. The van der Waals surface area contributed by atoms with E-state index in [-0.39, 0.29) is 54.6 Å². The molecule has 9 heteroatoms. The summed E-state index contributed by atoms with van der Waals surface area (Å²) in [7, 11) is 0. The lowest BCUT2D eigenvalue weighted by molar-refractivity contribution is -0.128. The summed E-state index contributed by atoms with van der Waals surface area (Å²) in [5.74, 6) is 1.40. The van der Waals surface area contributed by atoms with Crippen molar-refractivity contribution in [2.24, 2.45) is 23.5 Å². The molecule has 4 rings (SSSR count). The molecule has 7 nitrogen and oxygen atoms in total. The van der Waals surface area contributed by atoms with Crippen LogP contribution < -0.4 is 11.1 Å². The van der Waals surface area contributed by atoms with Crippen LogP contribution in [0.4, 0.5) is 0 Å². The van der Waals surface area contributed by atoms with Crippen molar-refractivity contribution in [3.63, 3.8) is 0 Å². The molecule has 3 N–H and O–H groups in total. The van der Waals surface area contributed by atoms with Gasteiger partial charge in [-0.1, -0.05) is 6.42 Å². The Kier molecular flexibility index (Phi) is 9.48. The number of rotatable bonds is 5. The Morgan fingerprint density at radius 2 is 1.76 bits per heavy atom. The van der Waals surface area contributed by atoms with Crippen LogP contribution in [0.15, 0.2) is 0 Å². The average Bonchev–Trinajstić information content (AvgIpc) is 2.99. The van der Waals surface area contributed by atoms with E-state index in [2.05, 4.69) is 10.2 Å². The molecule has 3 atom stereocenters. The van der Waals surface area contributed by atoms with Crippen LogP contribution in [0.5, 0.6) is 0 Å². The van der Waals surface area contributed by atoms with Gasteiger partial charge in [0.1, 0.15) is 0 Å². The number of likely N-dealkylation sites (tertiary alicyclic amines) is 1. The largest absolute Gasteiger partial charge is 0.379 e. The van der Waals surface area contributed by atoms with Crippen molar-refractivity contribution >= 4 is 36.6 Å². The molecule has 2 saturated carbocycles. The topological polar surface area (TPSA) is 87.9 Å². The smallest absolute Gasteiger partial charge is 0.224 e. The van der Waals surface area contributed by atoms with Crippen molar-refractivity contribution in [3.8, 4) is 0 Å². The highest BCUT2D eigenvalue weighted by atomic mass is 35.5. The van der Waals surface area contributed by atoms with E-state index in [0.717, 1.165) is 52.2 Å². The lowest BCUT2D eigenvalue weighted by atomic mass is 9.65. The van der Waals surface area contributed by atoms with Gasteiger partial charge >= 0.3 is 0 Å². The molecule has 2 bridgehead atoms. The van der Waals surface area contributed by atoms with Crippen LogP contribution in [0.3, 0.4) is 0 Å². The molecule has 2 aliphatic carbocycles. The molecule has 2 aliphatic heterocycles. The van der Waals surface area contributed by atoms with Crippen LogP contribution in [-0.4, -0.2) is 79.6 Å². The molecule has 3 unspecified atom stereocenters. The lowest BCUT2D eigenvalue weighted by Gasteiger charge is -2.43. The summed E-state index contributed by atoms with van der Waals surface area (Å²) in [5.41, 5.74) is 6.35. The maximum absolute atomic E-state index is 12.8.